The van der Waals surface area contributed by atoms with Crippen molar-refractivity contribution in [1.29, 1.82) is 0 Å². The van der Waals surface area contributed by atoms with Crippen LogP contribution in [-0.4, -0.2) is 0 Å². The van der Waals surface area contributed by atoms with Crippen LogP contribution in [0.1, 0.15) is 17.7 Å². The number of halogens is 1. The van der Waals surface area contributed by atoms with Crippen LogP contribution in [0.5, 0.6) is 0 Å². The van der Waals surface area contributed by atoms with E-state index in [4.69, 9.17) is 8.83 Å². The first-order valence-electron chi connectivity index (χ1n) is 9.12. The van der Waals surface area contributed by atoms with E-state index in [1.165, 1.54) is 5.56 Å². The van der Waals surface area contributed by atoms with Crippen molar-refractivity contribution < 1.29 is 8.83 Å². The van der Waals surface area contributed by atoms with Gasteiger partial charge in [0.25, 0.3) is 0 Å². The molecule has 1 aliphatic carbocycles. The maximum atomic E-state index is 6.39. The lowest BCUT2D eigenvalue weighted by Gasteiger charge is -2.05. The van der Waals surface area contributed by atoms with Crippen molar-refractivity contribution in [2.24, 2.45) is 0 Å². The summed E-state index contributed by atoms with van der Waals surface area (Å²) in [4.78, 5) is 0. The molecule has 5 aromatic rings. The summed E-state index contributed by atoms with van der Waals surface area (Å²) in [6.45, 7) is 0. The maximum absolute atomic E-state index is 6.39. The van der Waals surface area contributed by atoms with Gasteiger partial charge in [0, 0.05) is 32.6 Å². The lowest BCUT2D eigenvalue weighted by Crippen LogP contribution is -1.88. The van der Waals surface area contributed by atoms with Crippen LogP contribution in [0, 0.1) is 0 Å². The molecule has 2 aromatic heterocycles. The van der Waals surface area contributed by atoms with E-state index in [0.717, 1.165) is 67.1 Å². The van der Waals surface area contributed by atoms with Gasteiger partial charge in [-0.3, -0.25) is 0 Å². The molecule has 0 fully saturated rings. The van der Waals surface area contributed by atoms with Crippen molar-refractivity contribution in [3.63, 3.8) is 0 Å². The standard InChI is InChI=1S/C24H15BrO2/c25-15-7-5-6-14(12-15)22-23-18(16-8-1-3-10-20(16)26-23)13-19-17-9-2-4-11-21(17)27-24(19)22/h1-3,5-10,12-13H,4,11H2. The normalized spacial score (nSPS) is 13.7. The fourth-order valence-electron chi connectivity index (χ4n) is 4.17. The summed E-state index contributed by atoms with van der Waals surface area (Å²) in [6, 6.07) is 18.8. The zero-order valence-corrected chi connectivity index (χ0v) is 16.0. The Balaban J connectivity index is 1.85. The molecule has 0 saturated heterocycles. The Morgan fingerprint density at radius 2 is 1.70 bits per heavy atom. The van der Waals surface area contributed by atoms with Gasteiger partial charge >= 0.3 is 0 Å². The van der Waals surface area contributed by atoms with Crippen LogP contribution in [0.25, 0.3) is 50.1 Å². The molecule has 0 amide bonds. The smallest absolute Gasteiger partial charge is 0.147 e. The molecular weight excluding hydrogens is 400 g/mol. The molecule has 0 unspecified atom stereocenters. The van der Waals surface area contributed by atoms with Crippen molar-refractivity contribution in [1.82, 2.24) is 0 Å². The predicted octanol–water partition coefficient (Wildman–Crippen LogP) is 7.72. The first-order valence-corrected chi connectivity index (χ1v) is 9.91. The molecule has 2 heterocycles. The molecule has 0 spiro atoms. The average molecular weight is 415 g/mol. The summed E-state index contributed by atoms with van der Waals surface area (Å²) in [7, 11) is 0. The molecule has 3 aromatic carbocycles. The highest BCUT2D eigenvalue weighted by Crippen LogP contribution is 2.44. The van der Waals surface area contributed by atoms with Crippen LogP contribution in [0.15, 0.2) is 74.0 Å². The zero-order valence-electron chi connectivity index (χ0n) is 14.5. The van der Waals surface area contributed by atoms with Gasteiger partial charge in [-0.05, 0) is 36.2 Å². The first kappa shape index (κ1) is 15.3. The molecule has 2 nitrogen and oxygen atoms in total. The van der Waals surface area contributed by atoms with Crippen molar-refractivity contribution in [2.45, 2.75) is 12.8 Å². The number of aryl methyl sites for hydroxylation is 1. The van der Waals surface area contributed by atoms with E-state index in [9.17, 15) is 0 Å². The van der Waals surface area contributed by atoms with E-state index in [0.29, 0.717) is 0 Å². The van der Waals surface area contributed by atoms with Gasteiger partial charge in [0.05, 0.1) is 5.56 Å². The molecule has 0 bridgehead atoms. The topological polar surface area (TPSA) is 26.3 Å². The Bertz CT molecular complexity index is 1380. The summed E-state index contributed by atoms with van der Waals surface area (Å²) in [5, 5.41) is 3.44. The Hall–Kier alpha value is -2.78. The van der Waals surface area contributed by atoms with Crippen LogP contribution in [0.4, 0.5) is 0 Å². The van der Waals surface area contributed by atoms with E-state index in [-0.39, 0.29) is 0 Å². The Morgan fingerprint density at radius 3 is 2.63 bits per heavy atom. The van der Waals surface area contributed by atoms with Crippen LogP contribution in [-0.2, 0) is 6.42 Å². The summed E-state index contributed by atoms with van der Waals surface area (Å²) < 4.78 is 13.8. The van der Waals surface area contributed by atoms with E-state index in [1.54, 1.807) is 0 Å². The Labute approximate surface area is 164 Å². The second-order valence-corrected chi connectivity index (χ2v) is 7.91. The number of hydrogen-bond donors (Lipinski definition) is 0. The van der Waals surface area contributed by atoms with Gasteiger partial charge in [-0.15, -0.1) is 0 Å². The Morgan fingerprint density at radius 1 is 0.815 bits per heavy atom. The maximum Gasteiger partial charge on any atom is 0.147 e. The average Bonchev–Trinajstić information content (AvgIpc) is 3.24. The van der Waals surface area contributed by atoms with Crippen LogP contribution >= 0.6 is 15.9 Å². The highest BCUT2D eigenvalue weighted by molar-refractivity contribution is 9.10. The molecule has 0 atom stereocenters. The van der Waals surface area contributed by atoms with Crippen LogP contribution in [0.3, 0.4) is 0 Å². The van der Waals surface area contributed by atoms with Gasteiger partial charge < -0.3 is 8.83 Å². The van der Waals surface area contributed by atoms with Gasteiger partial charge in [0.1, 0.15) is 22.5 Å². The number of fused-ring (bicyclic) bond motifs is 6. The molecule has 3 heteroatoms. The van der Waals surface area contributed by atoms with E-state index < -0.39 is 0 Å². The van der Waals surface area contributed by atoms with Crippen molar-refractivity contribution in [2.75, 3.05) is 0 Å². The van der Waals surface area contributed by atoms with Gasteiger partial charge in [0.2, 0.25) is 0 Å². The lowest BCUT2D eigenvalue weighted by molar-refractivity contribution is 0.546. The number of furan rings is 2. The minimum Gasteiger partial charge on any atom is -0.460 e. The van der Waals surface area contributed by atoms with Gasteiger partial charge in [0.15, 0.2) is 0 Å². The molecule has 1 aliphatic rings. The second-order valence-electron chi connectivity index (χ2n) is 6.99. The fourth-order valence-corrected chi connectivity index (χ4v) is 4.57. The van der Waals surface area contributed by atoms with Gasteiger partial charge in [-0.1, -0.05) is 58.4 Å². The highest BCUT2D eigenvalue weighted by atomic mass is 79.9. The van der Waals surface area contributed by atoms with Crippen LogP contribution < -0.4 is 0 Å². The SMILES string of the molecule is Brc1cccc(-c2c3oc4c(c3cc3c2oc2ccccc23)C=CCC4)c1. The van der Waals surface area contributed by atoms with Gasteiger partial charge in [-0.25, -0.2) is 0 Å². The van der Waals surface area contributed by atoms with Crippen LogP contribution in [0.2, 0.25) is 0 Å². The molecule has 0 N–H and O–H groups in total. The number of benzene rings is 3. The minimum atomic E-state index is 0.886. The quantitative estimate of drug-likeness (QED) is 0.280. The lowest BCUT2D eigenvalue weighted by atomic mass is 9.96. The third-order valence-corrected chi connectivity index (χ3v) is 5.87. The monoisotopic (exact) mass is 414 g/mol. The Kier molecular flexibility index (Phi) is 3.18. The molecule has 0 aliphatic heterocycles. The third-order valence-electron chi connectivity index (χ3n) is 5.37. The van der Waals surface area contributed by atoms with E-state index in [1.807, 2.05) is 18.2 Å². The van der Waals surface area contributed by atoms with Gasteiger partial charge in [-0.2, -0.15) is 0 Å². The fraction of sp³-hybridized carbons (Fsp3) is 0.0833. The molecule has 6 rings (SSSR count). The highest BCUT2D eigenvalue weighted by Gasteiger charge is 2.23. The molecule has 27 heavy (non-hydrogen) atoms. The summed E-state index contributed by atoms with van der Waals surface area (Å²) in [6.07, 6.45) is 6.40. The molecule has 130 valence electrons. The third kappa shape index (κ3) is 2.18. The summed E-state index contributed by atoms with van der Waals surface area (Å²) in [5.41, 5.74) is 6.03. The predicted molar refractivity (Wildman–Crippen MR) is 114 cm³/mol. The second kappa shape index (κ2) is 5.61. The van der Waals surface area contributed by atoms with Crippen molar-refractivity contribution >= 4 is 54.9 Å². The number of para-hydroxylation sites is 1. The number of hydrogen-bond acceptors (Lipinski definition) is 2. The zero-order chi connectivity index (χ0) is 18.0. The van der Waals surface area contributed by atoms with E-state index in [2.05, 4.69) is 64.5 Å². The van der Waals surface area contributed by atoms with Crippen molar-refractivity contribution in [3.8, 4) is 11.1 Å². The molecule has 0 radical (unpaired) electrons. The largest absolute Gasteiger partial charge is 0.460 e. The summed E-state index contributed by atoms with van der Waals surface area (Å²) >= 11 is 3.61. The van der Waals surface area contributed by atoms with E-state index >= 15 is 0 Å². The first-order chi connectivity index (χ1) is 13.3. The number of rotatable bonds is 1. The van der Waals surface area contributed by atoms with Crippen molar-refractivity contribution in [3.05, 3.63) is 76.5 Å². The summed E-state index contributed by atoms with van der Waals surface area (Å²) in [5.74, 6) is 1.07. The minimum absolute atomic E-state index is 0.886. The molecular formula is C24H15BrO2. The number of allylic oxidation sites excluding steroid dienone is 1. The molecule has 0 saturated carbocycles.